The highest BCUT2D eigenvalue weighted by Gasteiger charge is 2.21. The molecule has 0 amide bonds. The van der Waals surface area contributed by atoms with Crippen LogP contribution in [0, 0.1) is 0 Å². The largest absolute Gasteiger partial charge is 0.398 e. The van der Waals surface area contributed by atoms with E-state index in [1.807, 2.05) is 0 Å². The summed E-state index contributed by atoms with van der Waals surface area (Å²) in [5.74, 6) is 0. The van der Waals surface area contributed by atoms with E-state index in [4.69, 9.17) is 28.9 Å². The fourth-order valence-corrected chi connectivity index (χ4v) is 3.48. The molecule has 0 aliphatic heterocycles. The standard InChI is InChI=1S/C10H10Cl2N4O2S/c11-6-3-8(12)10(9(13)4-6)19(17,18)15-5-7-1-2-14-16-7/h1-4,15H,5,13H2,(H,14,16). The van der Waals surface area contributed by atoms with E-state index in [1.54, 1.807) is 6.07 Å². The third-order valence-electron chi connectivity index (χ3n) is 2.32. The Morgan fingerprint density at radius 3 is 2.68 bits per heavy atom. The molecular formula is C10H10Cl2N4O2S. The normalized spacial score (nSPS) is 11.7. The fourth-order valence-electron chi connectivity index (χ4n) is 1.49. The summed E-state index contributed by atoms with van der Waals surface area (Å²) in [4.78, 5) is -0.182. The molecule has 0 saturated carbocycles. The van der Waals surface area contributed by atoms with Gasteiger partial charge in [0.05, 0.1) is 22.9 Å². The van der Waals surface area contributed by atoms with Crippen LogP contribution in [0.3, 0.4) is 0 Å². The van der Waals surface area contributed by atoms with Gasteiger partial charge in [0.1, 0.15) is 4.90 Å². The lowest BCUT2D eigenvalue weighted by Gasteiger charge is -2.10. The number of H-pyrrole nitrogens is 1. The number of aromatic amines is 1. The average Bonchev–Trinajstić information content (AvgIpc) is 2.77. The maximum absolute atomic E-state index is 12.1. The number of halogens is 2. The number of anilines is 1. The highest BCUT2D eigenvalue weighted by atomic mass is 35.5. The highest BCUT2D eigenvalue weighted by molar-refractivity contribution is 7.89. The minimum Gasteiger partial charge on any atom is -0.398 e. The van der Waals surface area contributed by atoms with Crippen molar-refractivity contribution < 1.29 is 8.42 Å². The topological polar surface area (TPSA) is 101 Å². The smallest absolute Gasteiger partial charge is 0.244 e. The second-order valence-electron chi connectivity index (χ2n) is 3.71. The zero-order chi connectivity index (χ0) is 14.0. The number of nitrogen functional groups attached to an aromatic ring is 1. The first-order valence-electron chi connectivity index (χ1n) is 5.12. The number of nitrogens with two attached hydrogens (primary N) is 1. The molecule has 0 spiro atoms. The van der Waals surface area contributed by atoms with Crippen LogP contribution in [0.4, 0.5) is 5.69 Å². The molecule has 0 aliphatic carbocycles. The lowest BCUT2D eigenvalue weighted by Crippen LogP contribution is -2.24. The lowest BCUT2D eigenvalue weighted by molar-refractivity contribution is 0.581. The maximum atomic E-state index is 12.1. The van der Waals surface area contributed by atoms with Gasteiger partial charge in [-0.2, -0.15) is 5.10 Å². The van der Waals surface area contributed by atoms with Gasteiger partial charge in [-0.3, -0.25) is 5.10 Å². The molecule has 0 unspecified atom stereocenters. The third-order valence-corrected chi connectivity index (χ3v) is 4.46. The first-order valence-corrected chi connectivity index (χ1v) is 7.36. The SMILES string of the molecule is Nc1cc(Cl)cc(Cl)c1S(=O)(=O)NCc1ccn[nH]1. The quantitative estimate of drug-likeness (QED) is 0.747. The van der Waals surface area contributed by atoms with Crippen molar-refractivity contribution in [3.8, 4) is 0 Å². The van der Waals surface area contributed by atoms with Crippen LogP contribution >= 0.6 is 23.2 Å². The van der Waals surface area contributed by atoms with Gasteiger partial charge in [-0.1, -0.05) is 23.2 Å². The zero-order valence-electron chi connectivity index (χ0n) is 9.52. The summed E-state index contributed by atoms with van der Waals surface area (Å²) in [6, 6.07) is 4.30. The number of benzene rings is 1. The Hall–Kier alpha value is -1.28. The Balaban J connectivity index is 2.29. The van der Waals surface area contributed by atoms with Crippen LogP contribution in [0.25, 0.3) is 0 Å². The van der Waals surface area contributed by atoms with Gasteiger partial charge < -0.3 is 5.73 Å². The van der Waals surface area contributed by atoms with Crippen molar-refractivity contribution in [3.05, 3.63) is 40.1 Å². The van der Waals surface area contributed by atoms with Gasteiger partial charge in [-0.15, -0.1) is 0 Å². The van der Waals surface area contributed by atoms with Gasteiger partial charge in [0.25, 0.3) is 0 Å². The van der Waals surface area contributed by atoms with E-state index >= 15 is 0 Å². The Kier molecular flexibility index (Phi) is 4.00. The number of rotatable bonds is 4. The molecule has 0 fully saturated rings. The first-order chi connectivity index (χ1) is 8.90. The van der Waals surface area contributed by atoms with Crippen molar-refractivity contribution in [2.75, 3.05) is 5.73 Å². The molecule has 0 radical (unpaired) electrons. The number of aromatic nitrogens is 2. The Labute approximate surface area is 120 Å². The molecule has 2 aromatic rings. The Morgan fingerprint density at radius 1 is 1.37 bits per heavy atom. The summed E-state index contributed by atoms with van der Waals surface area (Å²) in [5.41, 5.74) is 6.26. The first kappa shape index (κ1) is 14.1. The van der Waals surface area contributed by atoms with Gasteiger partial charge in [0.15, 0.2) is 0 Å². The van der Waals surface area contributed by atoms with E-state index in [0.717, 1.165) is 0 Å². The van der Waals surface area contributed by atoms with Crippen molar-refractivity contribution in [1.29, 1.82) is 0 Å². The van der Waals surface area contributed by atoms with Crippen molar-refractivity contribution >= 4 is 38.9 Å². The third kappa shape index (κ3) is 3.19. The monoisotopic (exact) mass is 320 g/mol. The molecule has 0 aliphatic rings. The molecule has 0 saturated heterocycles. The van der Waals surface area contributed by atoms with E-state index in [0.29, 0.717) is 5.69 Å². The number of nitrogens with zero attached hydrogens (tertiary/aromatic N) is 1. The van der Waals surface area contributed by atoms with E-state index in [-0.39, 0.29) is 27.2 Å². The molecule has 102 valence electrons. The predicted octanol–water partition coefficient (Wildman–Crippen LogP) is 1.78. The molecule has 1 aromatic carbocycles. The average molecular weight is 321 g/mol. The number of sulfonamides is 1. The van der Waals surface area contributed by atoms with Crippen molar-refractivity contribution in [3.63, 3.8) is 0 Å². The van der Waals surface area contributed by atoms with E-state index in [9.17, 15) is 8.42 Å². The van der Waals surface area contributed by atoms with E-state index in [1.165, 1.54) is 18.3 Å². The van der Waals surface area contributed by atoms with E-state index < -0.39 is 10.0 Å². The molecule has 0 atom stereocenters. The van der Waals surface area contributed by atoms with Gasteiger partial charge >= 0.3 is 0 Å². The summed E-state index contributed by atoms with van der Waals surface area (Å²) >= 11 is 11.6. The summed E-state index contributed by atoms with van der Waals surface area (Å²) in [5, 5.41) is 6.60. The van der Waals surface area contributed by atoms with Crippen molar-refractivity contribution in [2.45, 2.75) is 11.4 Å². The Morgan fingerprint density at radius 2 is 2.11 bits per heavy atom. The summed E-state index contributed by atoms with van der Waals surface area (Å²) in [7, 11) is -3.83. The summed E-state index contributed by atoms with van der Waals surface area (Å²) < 4.78 is 26.6. The number of hydrogen-bond donors (Lipinski definition) is 3. The fraction of sp³-hybridized carbons (Fsp3) is 0.100. The van der Waals surface area contributed by atoms with E-state index in [2.05, 4.69) is 14.9 Å². The molecule has 4 N–H and O–H groups in total. The van der Waals surface area contributed by atoms with Crippen LogP contribution in [0.5, 0.6) is 0 Å². The van der Waals surface area contributed by atoms with Gasteiger partial charge in [-0.05, 0) is 18.2 Å². The number of hydrogen-bond acceptors (Lipinski definition) is 4. The number of nitrogens with one attached hydrogen (secondary N) is 2. The van der Waals surface area contributed by atoms with Crippen LogP contribution in [-0.2, 0) is 16.6 Å². The lowest BCUT2D eigenvalue weighted by atomic mass is 10.3. The molecular weight excluding hydrogens is 311 g/mol. The molecule has 1 heterocycles. The summed E-state index contributed by atoms with van der Waals surface area (Å²) in [6.45, 7) is 0.0563. The summed E-state index contributed by atoms with van der Waals surface area (Å²) in [6.07, 6.45) is 1.52. The van der Waals surface area contributed by atoms with Crippen LogP contribution in [-0.4, -0.2) is 18.6 Å². The Bertz CT molecular complexity index is 663. The second kappa shape index (κ2) is 5.38. The van der Waals surface area contributed by atoms with Gasteiger partial charge in [0, 0.05) is 11.2 Å². The predicted molar refractivity (Wildman–Crippen MR) is 73.5 cm³/mol. The highest BCUT2D eigenvalue weighted by Crippen LogP contribution is 2.30. The molecule has 1 aromatic heterocycles. The van der Waals surface area contributed by atoms with Crippen LogP contribution < -0.4 is 10.5 Å². The minimum absolute atomic E-state index is 0.00499. The van der Waals surface area contributed by atoms with Crippen LogP contribution in [0.15, 0.2) is 29.3 Å². The van der Waals surface area contributed by atoms with Gasteiger partial charge in [0.2, 0.25) is 10.0 Å². The molecule has 6 nitrogen and oxygen atoms in total. The second-order valence-corrected chi connectivity index (χ2v) is 6.26. The molecule has 0 bridgehead atoms. The van der Waals surface area contributed by atoms with Crippen molar-refractivity contribution in [2.24, 2.45) is 0 Å². The van der Waals surface area contributed by atoms with Crippen molar-refractivity contribution in [1.82, 2.24) is 14.9 Å². The minimum atomic E-state index is -3.83. The maximum Gasteiger partial charge on any atom is 0.244 e. The van der Waals surface area contributed by atoms with Crippen LogP contribution in [0.1, 0.15) is 5.69 Å². The molecule has 19 heavy (non-hydrogen) atoms. The molecule has 9 heteroatoms. The zero-order valence-corrected chi connectivity index (χ0v) is 11.9. The van der Waals surface area contributed by atoms with Gasteiger partial charge in [-0.25, -0.2) is 13.1 Å². The van der Waals surface area contributed by atoms with Crippen LogP contribution in [0.2, 0.25) is 10.0 Å². The molecule has 2 rings (SSSR count).